The van der Waals surface area contributed by atoms with Crippen molar-refractivity contribution in [1.82, 2.24) is 5.32 Å². The molecule has 1 unspecified atom stereocenters. The van der Waals surface area contributed by atoms with Crippen molar-refractivity contribution in [3.8, 4) is 0 Å². The van der Waals surface area contributed by atoms with Crippen molar-refractivity contribution in [2.45, 2.75) is 43.9 Å². The predicted molar refractivity (Wildman–Crippen MR) is 88.4 cm³/mol. The van der Waals surface area contributed by atoms with Gasteiger partial charge < -0.3 is 15.1 Å². The van der Waals surface area contributed by atoms with Crippen LogP contribution in [0.15, 0.2) is 45.8 Å². The first-order valence-electron chi connectivity index (χ1n) is 8.04. The summed E-state index contributed by atoms with van der Waals surface area (Å²) < 4.78 is 16.6. The molecule has 0 spiro atoms. The zero-order valence-corrected chi connectivity index (χ0v) is 14.1. The Hall–Kier alpha value is -1.44. The third-order valence-electron chi connectivity index (χ3n) is 4.32. The van der Waals surface area contributed by atoms with Crippen molar-refractivity contribution in [3.63, 3.8) is 0 Å². The standard InChI is InChI=1S/C15H21N4O4P/c20-24(21,22)23-15(12-7-3-1-4-8-12)14(17-19-18-15)11-16-13-9-5-2-6-10-13/h1,3-4,7-8,13,16H,2,5-6,9-11H2,(H2,20,21,22). The van der Waals surface area contributed by atoms with Gasteiger partial charge in [0.15, 0.2) is 0 Å². The van der Waals surface area contributed by atoms with E-state index in [1.807, 2.05) is 0 Å². The molecule has 0 aromatic heterocycles. The summed E-state index contributed by atoms with van der Waals surface area (Å²) in [5.41, 5.74) is -0.844. The van der Waals surface area contributed by atoms with E-state index in [0.717, 1.165) is 12.8 Å². The molecule has 8 nitrogen and oxygen atoms in total. The second kappa shape index (κ2) is 7.21. The molecule has 0 amide bonds. The number of hydrogen-bond donors (Lipinski definition) is 3. The molecule has 130 valence electrons. The van der Waals surface area contributed by atoms with Crippen LogP contribution in [0.1, 0.15) is 37.7 Å². The van der Waals surface area contributed by atoms with E-state index in [1.54, 1.807) is 30.3 Å². The third kappa shape index (κ3) is 3.96. The molecular weight excluding hydrogens is 331 g/mol. The average Bonchev–Trinajstić information content (AvgIpc) is 2.96. The third-order valence-corrected chi connectivity index (χ3v) is 4.82. The van der Waals surface area contributed by atoms with Gasteiger partial charge in [0.2, 0.25) is 0 Å². The molecule has 0 saturated heterocycles. The lowest BCUT2D eigenvalue weighted by Gasteiger charge is -2.29. The molecule has 1 saturated carbocycles. The summed E-state index contributed by atoms with van der Waals surface area (Å²) in [7, 11) is -4.80. The molecule has 1 aliphatic heterocycles. The molecule has 1 aliphatic carbocycles. The van der Waals surface area contributed by atoms with Gasteiger partial charge in [-0.1, -0.05) is 49.6 Å². The van der Waals surface area contributed by atoms with E-state index in [9.17, 15) is 14.4 Å². The summed E-state index contributed by atoms with van der Waals surface area (Å²) in [5, 5.41) is 15.0. The highest BCUT2D eigenvalue weighted by molar-refractivity contribution is 7.46. The quantitative estimate of drug-likeness (QED) is 0.681. The number of rotatable bonds is 6. The number of phosphoric acid groups is 1. The summed E-state index contributed by atoms with van der Waals surface area (Å²) in [6.07, 6.45) is 5.78. The van der Waals surface area contributed by atoms with Crippen LogP contribution in [0.5, 0.6) is 0 Å². The van der Waals surface area contributed by atoms with Crippen LogP contribution in [0.25, 0.3) is 0 Å². The van der Waals surface area contributed by atoms with Crippen molar-refractivity contribution in [1.29, 1.82) is 0 Å². The highest BCUT2D eigenvalue weighted by Gasteiger charge is 2.47. The molecule has 3 N–H and O–H groups in total. The first-order chi connectivity index (χ1) is 11.5. The molecule has 1 fully saturated rings. The van der Waals surface area contributed by atoms with Gasteiger partial charge in [-0.15, -0.1) is 10.2 Å². The Morgan fingerprint density at radius 1 is 1.21 bits per heavy atom. The van der Waals surface area contributed by atoms with E-state index in [2.05, 4.69) is 20.8 Å². The predicted octanol–water partition coefficient (Wildman–Crippen LogP) is 2.69. The van der Waals surface area contributed by atoms with Crippen molar-refractivity contribution in [2.75, 3.05) is 6.54 Å². The molecule has 2 aliphatic rings. The van der Waals surface area contributed by atoms with E-state index in [4.69, 9.17) is 4.52 Å². The van der Waals surface area contributed by atoms with Crippen molar-refractivity contribution < 1.29 is 18.9 Å². The maximum atomic E-state index is 11.5. The van der Waals surface area contributed by atoms with Gasteiger partial charge in [0.25, 0.3) is 5.72 Å². The first-order valence-corrected chi connectivity index (χ1v) is 9.57. The molecule has 1 aromatic rings. The summed E-state index contributed by atoms with van der Waals surface area (Å²) in [6, 6.07) is 9.05. The van der Waals surface area contributed by atoms with Gasteiger partial charge >= 0.3 is 7.82 Å². The fourth-order valence-corrected chi connectivity index (χ4v) is 3.74. The topological polar surface area (TPSA) is 116 Å². The summed E-state index contributed by atoms with van der Waals surface area (Å²) in [5.74, 6) is 0. The smallest absolute Gasteiger partial charge is 0.308 e. The van der Waals surface area contributed by atoms with Gasteiger partial charge in [0.1, 0.15) is 5.71 Å². The lowest BCUT2D eigenvalue weighted by molar-refractivity contribution is 0.0921. The van der Waals surface area contributed by atoms with Gasteiger partial charge in [-0.25, -0.2) is 9.09 Å². The number of hydrogen-bond acceptors (Lipinski definition) is 6. The van der Waals surface area contributed by atoms with E-state index in [1.165, 1.54) is 19.3 Å². The average molecular weight is 352 g/mol. The molecule has 1 heterocycles. The molecular formula is C15H21N4O4P. The molecule has 0 radical (unpaired) electrons. The normalized spacial score (nSPS) is 25.0. The Morgan fingerprint density at radius 2 is 1.92 bits per heavy atom. The molecule has 24 heavy (non-hydrogen) atoms. The Bertz CT molecular complexity index is 669. The van der Waals surface area contributed by atoms with Crippen LogP contribution < -0.4 is 5.32 Å². The van der Waals surface area contributed by atoms with Crippen LogP contribution in [-0.2, 0) is 14.8 Å². The van der Waals surface area contributed by atoms with Gasteiger partial charge in [-0.05, 0) is 18.1 Å². The zero-order chi connectivity index (χ0) is 17.0. The Morgan fingerprint density at radius 3 is 2.58 bits per heavy atom. The minimum Gasteiger partial charge on any atom is -0.308 e. The van der Waals surface area contributed by atoms with Crippen molar-refractivity contribution in [2.24, 2.45) is 15.4 Å². The second-order valence-electron chi connectivity index (χ2n) is 6.04. The van der Waals surface area contributed by atoms with Crippen LogP contribution in [0.2, 0.25) is 0 Å². The Labute approximate surface area is 140 Å². The van der Waals surface area contributed by atoms with E-state index in [-0.39, 0.29) is 0 Å². The lowest BCUT2D eigenvalue weighted by atomic mass is 9.94. The maximum Gasteiger partial charge on any atom is 0.472 e. The molecule has 1 aromatic carbocycles. The highest BCUT2D eigenvalue weighted by Crippen LogP contribution is 2.48. The SMILES string of the molecule is O=P(O)(O)OC1(c2ccccc2)N=NN=C1CNC1CCCCC1. The highest BCUT2D eigenvalue weighted by atomic mass is 31.2. The number of benzene rings is 1. The number of nitrogens with zero attached hydrogens (tertiary/aromatic N) is 3. The van der Waals surface area contributed by atoms with Crippen LogP contribution in [0.3, 0.4) is 0 Å². The second-order valence-corrected chi connectivity index (χ2v) is 7.21. The minimum absolute atomic E-state index is 0.312. The first kappa shape index (κ1) is 17.4. The molecule has 0 bridgehead atoms. The molecule has 9 heteroatoms. The van der Waals surface area contributed by atoms with Crippen LogP contribution in [0, 0.1) is 0 Å². The summed E-state index contributed by atoms with van der Waals surface area (Å²) >= 11 is 0. The van der Waals surface area contributed by atoms with Gasteiger partial charge in [0.05, 0.1) is 0 Å². The van der Waals surface area contributed by atoms with Crippen LogP contribution in [-0.4, -0.2) is 28.1 Å². The Kier molecular flexibility index (Phi) is 5.22. The summed E-state index contributed by atoms with van der Waals surface area (Å²) in [4.78, 5) is 18.7. The number of nitrogens with one attached hydrogen (secondary N) is 1. The van der Waals surface area contributed by atoms with Gasteiger partial charge in [0, 0.05) is 18.2 Å². The van der Waals surface area contributed by atoms with Crippen molar-refractivity contribution in [3.05, 3.63) is 35.9 Å². The molecule has 3 rings (SSSR count). The van der Waals surface area contributed by atoms with Gasteiger partial charge in [-0.2, -0.15) is 0 Å². The monoisotopic (exact) mass is 352 g/mol. The maximum absolute atomic E-state index is 11.5. The molecule has 1 atom stereocenters. The number of phosphoric ester groups is 1. The summed E-state index contributed by atoms with van der Waals surface area (Å²) in [6.45, 7) is 0.312. The van der Waals surface area contributed by atoms with Crippen LogP contribution >= 0.6 is 7.82 Å². The van der Waals surface area contributed by atoms with Crippen molar-refractivity contribution >= 4 is 13.5 Å². The van der Waals surface area contributed by atoms with E-state index < -0.39 is 13.5 Å². The lowest BCUT2D eigenvalue weighted by Crippen LogP contribution is -2.43. The fourth-order valence-electron chi connectivity index (χ4n) is 3.15. The van der Waals surface area contributed by atoms with Crippen LogP contribution in [0.4, 0.5) is 0 Å². The zero-order valence-electron chi connectivity index (χ0n) is 13.2. The van der Waals surface area contributed by atoms with Gasteiger partial charge in [-0.3, -0.25) is 0 Å². The van der Waals surface area contributed by atoms with E-state index in [0.29, 0.717) is 23.9 Å². The Balaban J connectivity index is 1.82. The largest absolute Gasteiger partial charge is 0.472 e. The fraction of sp³-hybridized carbons (Fsp3) is 0.533. The minimum atomic E-state index is -4.80. The van der Waals surface area contributed by atoms with E-state index >= 15 is 0 Å².